The maximum absolute atomic E-state index is 12.1. The van der Waals surface area contributed by atoms with E-state index in [0.29, 0.717) is 11.4 Å². The molecular formula is C15H16N2O5. The summed E-state index contributed by atoms with van der Waals surface area (Å²) in [6.07, 6.45) is 3.58. The van der Waals surface area contributed by atoms with Crippen molar-refractivity contribution in [1.29, 1.82) is 0 Å². The molecule has 1 aliphatic rings. The van der Waals surface area contributed by atoms with Crippen LogP contribution < -0.4 is 15.4 Å². The van der Waals surface area contributed by atoms with Crippen molar-refractivity contribution in [2.24, 2.45) is 0 Å². The molecule has 1 aliphatic heterocycles. The molecule has 22 heavy (non-hydrogen) atoms. The van der Waals surface area contributed by atoms with Crippen molar-refractivity contribution < 1.29 is 24.2 Å². The molecule has 0 spiro atoms. The smallest absolute Gasteiger partial charge is 0.326 e. The molecule has 1 atom stereocenters. The van der Waals surface area contributed by atoms with Crippen LogP contribution >= 0.6 is 0 Å². The first-order valence-corrected chi connectivity index (χ1v) is 6.72. The van der Waals surface area contributed by atoms with Crippen LogP contribution in [0.25, 0.3) is 0 Å². The van der Waals surface area contributed by atoms with Crippen LogP contribution in [0.4, 0.5) is 5.69 Å². The SMILES string of the molecule is C/C=C/CC(NC(=O)c1ccc2c(c1)NC(=O)CO2)C(=O)O. The summed E-state index contributed by atoms with van der Waals surface area (Å²) >= 11 is 0. The Labute approximate surface area is 127 Å². The zero-order chi connectivity index (χ0) is 16.1. The van der Waals surface area contributed by atoms with Gasteiger partial charge in [-0.15, -0.1) is 0 Å². The van der Waals surface area contributed by atoms with E-state index in [1.54, 1.807) is 25.1 Å². The number of benzene rings is 1. The summed E-state index contributed by atoms with van der Waals surface area (Å²) in [5.41, 5.74) is 0.639. The Bertz CT molecular complexity index is 639. The first-order valence-electron chi connectivity index (χ1n) is 6.72. The lowest BCUT2D eigenvalue weighted by Gasteiger charge is -2.19. The summed E-state index contributed by atoms with van der Waals surface area (Å²) < 4.78 is 5.20. The number of carboxylic acid groups (broad SMARTS) is 1. The average Bonchev–Trinajstić information content (AvgIpc) is 2.50. The van der Waals surface area contributed by atoms with Crippen molar-refractivity contribution >= 4 is 23.5 Å². The monoisotopic (exact) mass is 304 g/mol. The number of fused-ring (bicyclic) bond motifs is 1. The van der Waals surface area contributed by atoms with E-state index in [2.05, 4.69) is 10.6 Å². The van der Waals surface area contributed by atoms with Gasteiger partial charge in [0.05, 0.1) is 5.69 Å². The number of nitrogens with one attached hydrogen (secondary N) is 2. The summed E-state index contributed by atoms with van der Waals surface area (Å²) in [5.74, 6) is -1.47. The molecule has 0 saturated carbocycles. The predicted molar refractivity (Wildman–Crippen MR) is 78.9 cm³/mol. The largest absolute Gasteiger partial charge is 0.482 e. The van der Waals surface area contributed by atoms with Crippen LogP contribution in [0.2, 0.25) is 0 Å². The highest BCUT2D eigenvalue weighted by molar-refractivity contribution is 6.00. The van der Waals surface area contributed by atoms with E-state index in [1.807, 2.05) is 0 Å². The number of hydrogen-bond donors (Lipinski definition) is 3. The number of allylic oxidation sites excluding steroid dienone is 1. The fraction of sp³-hybridized carbons (Fsp3) is 0.267. The van der Waals surface area contributed by atoms with Gasteiger partial charge >= 0.3 is 5.97 Å². The molecule has 1 aromatic carbocycles. The van der Waals surface area contributed by atoms with Gasteiger partial charge in [-0.3, -0.25) is 9.59 Å². The number of hydrogen-bond acceptors (Lipinski definition) is 4. The lowest BCUT2D eigenvalue weighted by molar-refractivity contribution is -0.139. The van der Waals surface area contributed by atoms with Gasteiger partial charge in [-0.25, -0.2) is 4.79 Å². The molecule has 2 amide bonds. The molecule has 0 saturated heterocycles. The van der Waals surface area contributed by atoms with E-state index in [1.165, 1.54) is 12.1 Å². The van der Waals surface area contributed by atoms with Crippen LogP contribution in [0.1, 0.15) is 23.7 Å². The zero-order valence-electron chi connectivity index (χ0n) is 12.0. The highest BCUT2D eigenvalue weighted by Gasteiger charge is 2.21. The fourth-order valence-electron chi connectivity index (χ4n) is 1.96. The van der Waals surface area contributed by atoms with E-state index in [9.17, 15) is 14.4 Å². The minimum absolute atomic E-state index is 0.0665. The Morgan fingerprint density at radius 3 is 2.95 bits per heavy atom. The maximum Gasteiger partial charge on any atom is 0.326 e. The molecule has 0 bridgehead atoms. The third-order valence-electron chi connectivity index (χ3n) is 3.09. The normalized spacial score (nSPS) is 14.7. The van der Waals surface area contributed by atoms with Gasteiger partial charge in [-0.2, -0.15) is 0 Å². The Balaban J connectivity index is 2.13. The highest BCUT2D eigenvalue weighted by Crippen LogP contribution is 2.28. The molecule has 0 aliphatic carbocycles. The molecule has 0 radical (unpaired) electrons. The third kappa shape index (κ3) is 3.63. The zero-order valence-corrected chi connectivity index (χ0v) is 12.0. The van der Waals surface area contributed by atoms with E-state index in [0.717, 1.165) is 0 Å². The van der Waals surface area contributed by atoms with Crippen LogP contribution in [-0.4, -0.2) is 35.5 Å². The first kappa shape index (κ1) is 15.6. The number of amides is 2. The second kappa shape index (κ2) is 6.75. The molecular weight excluding hydrogens is 288 g/mol. The summed E-state index contributed by atoms with van der Waals surface area (Å²) in [5, 5.41) is 14.1. The third-order valence-corrected chi connectivity index (χ3v) is 3.09. The number of carbonyl (C=O) groups excluding carboxylic acids is 2. The van der Waals surface area contributed by atoms with Crippen molar-refractivity contribution in [3.8, 4) is 5.75 Å². The molecule has 3 N–H and O–H groups in total. The molecule has 1 unspecified atom stereocenters. The number of carbonyl (C=O) groups is 3. The molecule has 0 aromatic heterocycles. The first-order chi connectivity index (χ1) is 10.5. The lowest BCUT2D eigenvalue weighted by Crippen LogP contribution is -2.40. The summed E-state index contributed by atoms with van der Waals surface area (Å²) in [4.78, 5) is 34.5. The molecule has 2 rings (SSSR count). The van der Waals surface area contributed by atoms with Gasteiger partial charge in [0.25, 0.3) is 11.8 Å². The van der Waals surface area contributed by atoms with Gasteiger partial charge in [0, 0.05) is 5.56 Å². The molecule has 1 aromatic rings. The molecule has 1 heterocycles. The number of anilines is 1. The molecule has 116 valence electrons. The second-order valence-electron chi connectivity index (χ2n) is 4.72. The molecule has 0 fully saturated rings. The average molecular weight is 304 g/mol. The molecule has 7 heteroatoms. The fourth-order valence-corrected chi connectivity index (χ4v) is 1.96. The van der Waals surface area contributed by atoms with Crippen LogP contribution in [0, 0.1) is 0 Å². The van der Waals surface area contributed by atoms with Crippen LogP contribution in [-0.2, 0) is 9.59 Å². The van der Waals surface area contributed by atoms with Crippen molar-refractivity contribution in [3.05, 3.63) is 35.9 Å². The number of carboxylic acids is 1. The van der Waals surface area contributed by atoms with Crippen LogP contribution in [0.15, 0.2) is 30.4 Å². The van der Waals surface area contributed by atoms with E-state index < -0.39 is 17.9 Å². The second-order valence-corrected chi connectivity index (χ2v) is 4.72. The van der Waals surface area contributed by atoms with Crippen molar-refractivity contribution in [2.75, 3.05) is 11.9 Å². The van der Waals surface area contributed by atoms with Crippen molar-refractivity contribution in [1.82, 2.24) is 5.32 Å². The lowest BCUT2D eigenvalue weighted by atomic mass is 10.1. The van der Waals surface area contributed by atoms with Crippen LogP contribution in [0.5, 0.6) is 5.75 Å². The van der Waals surface area contributed by atoms with Gasteiger partial charge in [0.15, 0.2) is 6.61 Å². The number of ether oxygens (including phenoxy) is 1. The Morgan fingerprint density at radius 1 is 1.50 bits per heavy atom. The van der Waals surface area contributed by atoms with Gasteiger partial charge in [-0.05, 0) is 31.5 Å². The standard InChI is InChI=1S/C15H16N2O5/c1-2-3-4-10(15(20)21)17-14(19)9-5-6-12-11(7-9)16-13(18)8-22-12/h2-3,5-7,10H,4,8H2,1H3,(H,16,18)(H,17,19)(H,20,21)/b3-2+. The predicted octanol–water partition coefficient (Wildman–Crippen LogP) is 1.17. The van der Waals surface area contributed by atoms with E-state index >= 15 is 0 Å². The number of aliphatic carboxylic acids is 1. The maximum atomic E-state index is 12.1. The topological polar surface area (TPSA) is 105 Å². The Kier molecular flexibility index (Phi) is 4.77. The van der Waals surface area contributed by atoms with Crippen molar-refractivity contribution in [3.63, 3.8) is 0 Å². The quantitative estimate of drug-likeness (QED) is 0.708. The number of rotatable bonds is 5. The summed E-state index contributed by atoms with van der Waals surface area (Å²) in [7, 11) is 0. The minimum Gasteiger partial charge on any atom is -0.482 e. The van der Waals surface area contributed by atoms with Gasteiger partial charge in [0.2, 0.25) is 0 Å². The Morgan fingerprint density at radius 2 is 2.27 bits per heavy atom. The highest BCUT2D eigenvalue weighted by atomic mass is 16.5. The molecule has 7 nitrogen and oxygen atoms in total. The van der Waals surface area contributed by atoms with Crippen LogP contribution in [0.3, 0.4) is 0 Å². The Hall–Kier alpha value is -2.83. The van der Waals surface area contributed by atoms with Crippen molar-refractivity contribution in [2.45, 2.75) is 19.4 Å². The summed E-state index contributed by atoms with van der Waals surface area (Å²) in [6, 6.07) is 3.52. The van der Waals surface area contributed by atoms with E-state index in [4.69, 9.17) is 9.84 Å². The summed E-state index contributed by atoms with van der Waals surface area (Å²) in [6.45, 7) is 1.70. The minimum atomic E-state index is -1.11. The van der Waals surface area contributed by atoms with E-state index in [-0.39, 0.29) is 24.5 Å². The van der Waals surface area contributed by atoms with Gasteiger partial charge in [0.1, 0.15) is 11.8 Å². The van der Waals surface area contributed by atoms with Gasteiger partial charge in [-0.1, -0.05) is 12.2 Å². The van der Waals surface area contributed by atoms with Gasteiger partial charge < -0.3 is 20.5 Å².